The molecular weight excluding hydrogens is 242 g/mol. The summed E-state index contributed by atoms with van der Waals surface area (Å²) < 4.78 is 6.26. The van der Waals surface area contributed by atoms with E-state index in [1.165, 1.54) is 4.68 Å². The molecule has 92 valence electrons. The van der Waals surface area contributed by atoms with E-state index >= 15 is 0 Å². The smallest absolute Gasteiger partial charge is 0.293 e. The highest BCUT2D eigenvalue weighted by Crippen LogP contribution is 2.21. The number of nitrogens with two attached hydrogens (primary N) is 1. The molecule has 2 atom stereocenters. The van der Waals surface area contributed by atoms with Crippen molar-refractivity contribution in [1.82, 2.24) is 5.27 Å². The molecule has 0 fully saturated rings. The number of aromatic nitrogens is 2. The summed E-state index contributed by atoms with van der Waals surface area (Å²) in [5.74, 6) is 0.229. The van der Waals surface area contributed by atoms with Crippen LogP contribution in [-0.2, 0) is 0 Å². The minimum absolute atomic E-state index is 0. The normalized spacial score (nSPS) is 13.8. The Bertz CT molecular complexity index is 461. The van der Waals surface area contributed by atoms with E-state index in [4.69, 9.17) is 10.3 Å². The van der Waals surface area contributed by atoms with Gasteiger partial charge in [-0.15, -0.1) is 0 Å². The lowest BCUT2D eigenvalue weighted by Crippen LogP contribution is -3.00. The maximum Gasteiger partial charge on any atom is 0.293 e. The van der Waals surface area contributed by atoms with Crippen molar-refractivity contribution in [3.8, 4) is 0 Å². The van der Waals surface area contributed by atoms with E-state index in [1.807, 2.05) is 37.3 Å². The van der Waals surface area contributed by atoms with E-state index in [9.17, 15) is 5.11 Å². The number of hydrogen-bond acceptors (Lipinski definition) is 4. The van der Waals surface area contributed by atoms with Gasteiger partial charge in [0.25, 0.3) is 12.1 Å². The number of rotatable bonds is 3. The fourth-order valence-corrected chi connectivity index (χ4v) is 1.54. The molecule has 2 aromatic rings. The Morgan fingerprint density at radius 1 is 1.35 bits per heavy atom. The summed E-state index contributed by atoms with van der Waals surface area (Å²) in [4.78, 5) is 0. The monoisotopic (exact) mass is 255 g/mol. The molecule has 1 heterocycles. The minimum Gasteiger partial charge on any atom is -1.00 e. The lowest BCUT2D eigenvalue weighted by atomic mass is 10.0. The van der Waals surface area contributed by atoms with Crippen LogP contribution in [0.15, 0.2) is 41.1 Å². The molecule has 3 N–H and O–H groups in total. The van der Waals surface area contributed by atoms with Crippen molar-refractivity contribution in [3.63, 3.8) is 0 Å². The Kier molecular flexibility index (Phi) is 4.48. The summed E-state index contributed by atoms with van der Waals surface area (Å²) >= 11 is 0. The molecule has 1 aromatic carbocycles. The highest BCUT2D eigenvalue weighted by Gasteiger charge is 2.27. The molecule has 6 heteroatoms. The van der Waals surface area contributed by atoms with Gasteiger partial charge in [0.05, 0.1) is 0 Å². The lowest BCUT2D eigenvalue weighted by Gasteiger charge is -2.11. The third kappa shape index (κ3) is 2.95. The molecule has 17 heavy (non-hydrogen) atoms. The fourth-order valence-electron chi connectivity index (χ4n) is 1.54. The molecule has 0 aliphatic rings. The van der Waals surface area contributed by atoms with Crippen LogP contribution in [0.25, 0.3) is 0 Å². The largest absolute Gasteiger partial charge is 1.00 e. The second-order valence-corrected chi connectivity index (χ2v) is 3.68. The zero-order valence-electron chi connectivity index (χ0n) is 9.32. The average Bonchev–Trinajstić information content (AvgIpc) is 2.75. The van der Waals surface area contributed by atoms with Crippen molar-refractivity contribution < 1.29 is 26.7 Å². The summed E-state index contributed by atoms with van der Waals surface area (Å²) in [6, 6.07) is 9.17. The standard InChI is InChI=1S/C11H14N3O2.ClH/c1-8(14-7-10(12)16-13-14)11(15)9-5-3-2-4-6-9;/h2-8,11,15H,12H2,1H3;1H/q+1;/p-1. The van der Waals surface area contributed by atoms with Crippen molar-refractivity contribution in [3.05, 3.63) is 42.1 Å². The van der Waals surface area contributed by atoms with Gasteiger partial charge in [0.15, 0.2) is 0 Å². The lowest BCUT2D eigenvalue weighted by molar-refractivity contribution is -0.789. The van der Waals surface area contributed by atoms with Gasteiger partial charge in [-0.05, 0) is 10.2 Å². The van der Waals surface area contributed by atoms with Crippen molar-refractivity contribution in [1.29, 1.82) is 0 Å². The number of aliphatic hydroxyl groups excluding tert-OH is 1. The van der Waals surface area contributed by atoms with E-state index in [0.29, 0.717) is 0 Å². The van der Waals surface area contributed by atoms with Crippen LogP contribution < -0.4 is 22.8 Å². The first-order valence-electron chi connectivity index (χ1n) is 5.05. The Morgan fingerprint density at radius 3 is 2.53 bits per heavy atom. The molecule has 0 aliphatic carbocycles. The van der Waals surface area contributed by atoms with Crippen LogP contribution in [-0.4, -0.2) is 10.4 Å². The van der Waals surface area contributed by atoms with Crippen LogP contribution in [0, 0.1) is 0 Å². The number of halogens is 1. The van der Waals surface area contributed by atoms with Gasteiger partial charge in [-0.25, -0.2) is 0 Å². The van der Waals surface area contributed by atoms with Crippen LogP contribution in [0.4, 0.5) is 5.88 Å². The highest BCUT2D eigenvalue weighted by atomic mass is 35.5. The third-order valence-electron chi connectivity index (χ3n) is 2.52. The molecule has 2 rings (SSSR count). The Labute approximate surface area is 105 Å². The van der Waals surface area contributed by atoms with Crippen LogP contribution in [0.2, 0.25) is 0 Å². The van der Waals surface area contributed by atoms with Crippen LogP contribution in [0.5, 0.6) is 0 Å². The minimum atomic E-state index is -0.643. The third-order valence-corrected chi connectivity index (χ3v) is 2.52. The van der Waals surface area contributed by atoms with E-state index in [-0.39, 0.29) is 24.3 Å². The van der Waals surface area contributed by atoms with E-state index < -0.39 is 6.10 Å². The van der Waals surface area contributed by atoms with Crippen molar-refractivity contribution in [2.75, 3.05) is 5.73 Å². The number of hydrogen-bond donors (Lipinski definition) is 2. The molecule has 2 unspecified atom stereocenters. The quantitative estimate of drug-likeness (QED) is 0.613. The Balaban J connectivity index is 0.00000144. The van der Waals surface area contributed by atoms with Gasteiger partial charge < -0.3 is 23.2 Å². The van der Waals surface area contributed by atoms with Crippen molar-refractivity contribution in [2.24, 2.45) is 0 Å². The molecular formula is C11H14ClN3O2. The molecule has 0 amide bonds. The summed E-state index contributed by atoms with van der Waals surface area (Å²) in [6.45, 7) is 1.85. The van der Waals surface area contributed by atoms with E-state index in [1.54, 1.807) is 6.20 Å². The number of nitrogen functional groups attached to an aromatic ring is 1. The Morgan fingerprint density at radius 2 is 2.00 bits per heavy atom. The molecule has 0 saturated heterocycles. The number of aliphatic hydroxyl groups is 1. The average molecular weight is 256 g/mol. The summed E-state index contributed by atoms with van der Waals surface area (Å²) in [5.41, 5.74) is 6.26. The van der Waals surface area contributed by atoms with Gasteiger partial charge in [-0.2, -0.15) is 0 Å². The summed E-state index contributed by atoms with van der Waals surface area (Å²) in [7, 11) is 0. The van der Waals surface area contributed by atoms with Gasteiger partial charge in [0.1, 0.15) is 6.10 Å². The zero-order chi connectivity index (χ0) is 11.5. The topological polar surface area (TPSA) is 76.2 Å². The molecule has 0 saturated carbocycles. The van der Waals surface area contributed by atoms with Crippen LogP contribution >= 0.6 is 0 Å². The molecule has 0 bridgehead atoms. The fraction of sp³-hybridized carbons (Fsp3) is 0.273. The first-order valence-corrected chi connectivity index (χ1v) is 5.05. The second-order valence-electron chi connectivity index (χ2n) is 3.68. The molecule has 0 spiro atoms. The SMILES string of the molecule is CC(C(O)c1ccccc1)[n+]1cc(N)on1.[Cl-]. The maximum atomic E-state index is 10.1. The molecule has 1 aromatic heterocycles. The van der Waals surface area contributed by atoms with Crippen molar-refractivity contribution in [2.45, 2.75) is 19.1 Å². The highest BCUT2D eigenvalue weighted by molar-refractivity contribution is 5.17. The van der Waals surface area contributed by atoms with Crippen LogP contribution in [0.3, 0.4) is 0 Å². The van der Waals surface area contributed by atoms with E-state index in [0.717, 1.165) is 5.56 Å². The summed E-state index contributed by atoms with van der Waals surface area (Å²) in [5, 5.41) is 13.8. The predicted octanol–water partition coefficient (Wildman–Crippen LogP) is -2.16. The first kappa shape index (κ1) is 13.5. The van der Waals surface area contributed by atoms with Crippen LogP contribution in [0.1, 0.15) is 24.6 Å². The van der Waals surface area contributed by atoms with Crippen molar-refractivity contribution >= 4 is 5.88 Å². The number of anilines is 1. The Hall–Kier alpha value is -1.59. The maximum absolute atomic E-state index is 10.1. The molecule has 0 aliphatic heterocycles. The second kappa shape index (κ2) is 5.65. The predicted molar refractivity (Wildman–Crippen MR) is 57.2 cm³/mol. The van der Waals surface area contributed by atoms with Gasteiger partial charge in [-0.1, -0.05) is 30.3 Å². The van der Waals surface area contributed by atoms with Gasteiger partial charge in [0, 0.05) is 6.92 Å². The van der Waals surface area contributed by atoms with Gasteiger partial charge in [0.2, 0.25) is 11.3 Å². The number of benzene rings is 1. The summed E-state index contributed by atoms with van der Waals surface area (Å²) in [6.07, 6.45) is 0.910. The van der Waals surface area contributed by atoms with Gasteiger partial charge in [-0.3, -0.25) is 4.52 Å². The molecule has 5 nitrogen and oxygen atoms in total. The first-order chi connectivity index (χ1) is 7.68. The molecule has 0 radical (unpaired) electrons. The zero-order valence-corrected chi connectivity index (χ0v) is 10.1. The number of nitrogens with zero attached hydrogens (tertiary/aromatic N) is 2. The van der Waals surface area contributed by atoms with E-state index in [2.05, 4.69) is 5.27 Å². The van der Waals surface area contributed by atoms with Gasteiger partial charge >= 0.3 is 0 Å².